The molecule has 1 aromatic heterocycles. The second kappa shape index (κ2) is 3.54. The van der Waals surface area contributed by atoms with Crippen molar-refractivity contribution in [1.29, 1.82) is 0 Å². The molecule has 0 fully saturated rings. The molecule has 0 unspecified atom stereocenters. The number of aliphatic hydroxyl groups is 1. The van der Waals surface area contributed by atoms with Crippen molar-refractivity contribution in [3.05, 3.63) is 28.5 Å². The highest BCUT2D eigenvalue weighted by atomic mass is 32.1. The van der Waals surface area contributed by atoms with Gasteiger partial charge in [0.1, 0.15) is 0 Å². The highest BCUT2D eigenvalue weighted by Crippen LogP contribution is 2.10. The first-order chi connectivity index (χ1) is 4.79. The van der Waals surface area contributed by atoms with Crippen LogP contribution in [-0.4, -0.2) is 11.2 Å². The maximum atomic E-state index is 8.87. The molecule has 0 aliphatic carbocycles. The molecule has 0 spiro atoms. The summed E-state index contributed by atoms with van der Waals surface area (Å²) in [6, 6.07) is 4.01. The van der Waals surface area contributed by atoms with Crippen LogP contribution in [0, 0.1) is 0 Å². The lowest BCUT2D eigenvalue weighted by atomic mass is 10.3. The quantitative estimate of drug-likeness (QED) is 0.692. The van der Waals surface area contributed by atoms with E-state index in [1.807, 2.05) is 23.6 Å². The SMILES string of the molecule is C[C@@H](O)/C=C/c1cccs1. The van der Waals surface area contributed by atoms with Gasteiger partial charge < -0.3 is 5.11 Å². The largest absolute Gasteiger partial charge is 0.389 e. The first-order valence-corrected chi connectivity index (χ1v) is 4.07. The molecule has 0 aliphatic heterocycles. The summed E-state index contributed by atoms with van der Waals surface area (Å²) < 4.78 is 0. The Hall–Kier alpha value is -0.600. The zero-order valence-corrected chi connectivity index (χ0v) is 6.64. The second-order valence-electron chi connectivity index (χ2n) is 2.12. The fraction of sp³-hybridized carbons (Fsp3) is 0.250. The van der Waals surface area contributed by atoms with Crippen molar-refractivity contribution in [3.8, 4) is 0 Å². The van der Waals surface area contributed by atoms with Crippen LogP contribution >= 0.6 is 11.3 Å². The number of thiophene rings is 1. The van der Waals surface area contributed by atoms with E-state index < -0.39 is 0 Å². The summed E-state index contributed by atoms with van der Waals surface area (Å²) in [5.41, 5.74) is 0. The van der Waals surface area contributed by atoms with Crippen LogP contribution in [0.4, 0.5) is 0 Å². The van der Waals surface area contributed by atoms with Gasteiger partial charge in [0.15, 0.2) is 0 Å². The molecule has 0 saturated heterocycles. The molecule has 0 aliphatic rings. The molecule has 2 heteroatoms. The van der Waals surface area contributed by atoms with Crippen molar-refractivity contribution >= 4 is 17.4 Å². The zero-order chi connectivity index (χ0) is 7.40. The first-order valence-electron chi connectivity index (χ1n) is 3.19. The Bertz CT molecular complexity index is 199. The van der Waals surface area contributed by atoms with Gasteiger partial charge in [-0.25, -0.2) is 0 Å². The van der Waals surface area contributed by atoms with Gasteiger partial charge in [0.05, 0.1) is 6.10 Å². The van der Waals surface area contributed by atoms with Crippen molar-refractivity contribution in [2.45, 2.75) is 13.0 Å². The third-order valence-corrected chi connectivity index (χ3v) is 1.92. The van der Waals surface area contributed by atoms with Crippen LogP contribution in [0.3, 0.4) is 0 Å². The Kier molecular flexibility index (Phi) is 2.66. The predicted molar refractivity (Wildman–Crippen MR) is 45.0 cm³/mol. The minimum absolute atomic E-state index is 0.345. The Morgan fingerprint density at radius 1 is 1.70 bits per heavy atom. The average Bonchev–Trinajstić information content (AvgIpc) is 2.34. The van der Waals surface area contributed by atoms with Gasteiger partial charge in [-0.2, -0.15) is 0 Å². The van der Waals surface area contributed by atoms with Crippen LogP contribution in [0.15, 0.2) is 23.6 Å². The number of hydrogen-bond acceptors (Lipinski definition) is 2. The van der Waals surface area contributed by atoms with Crippen molar-refractivity contribution in [1.82, 2.24) is 0 Å². The average molecular weight is 154 g/mol. The smallest absolute Gasteiger partial charge is 0.0696 e. The van der Waals surface area contributed by atoms with E-state index in [-0.39, 0.29) is 6.10 Å². The molecule has 0 bridgehead atoms. The highest BCUT2D eigenvalue weighted by Gasteiger charge is 1.87. The topological polar surface area (TPSA) is 20.2 Å². The number of rotatable bonds is 2. The minimum atomic E-state index is -0.345. The third-order valence-electron chi connectivity index (χ3n) is 1.08. The zero-order valence-electron chi connectivity index (χ0n) is 5.82. The van der Waals surface area contributed by atoms with E-state index in [4.69, 9.17) is 5.11 Å². The lowest BCUT2D eigenvalue weighted by Gasteiger charge is -1.90. The molecular weight excluding hydrogens is 144 g/mol. The summed E-state index contributed by atoms with van der Waals surface area (Å²) in [7, 11) is 0. The standard InChI is InChI=1S/C8H10OS/c1-7(9)4-5-8-3-2-6-10-8/h2-7,9H,1H3/b5-4+/t7-/m1/s1. The summed E-state index contributed by atoms with van der Waals surface area (Å²) >= 11 is 1.67. The summed E-state index contributed by atoms with van der Waals surface area (Å²) in [5.74, 6) is 0. The van der Waals surface area contributed by atoms with E-state index in [0.717, 1.165) is 0 Å². The molecule has 54 valence electrons. The Morgan fingerprint density at radius 2 is 2.50 bits per heavy atom. The maximum Gasteiger partial charge on any atom is 0.0696 e. The van der Waals surface area contributed by atoms with Crippen LogP contribution in [-0.2, 0) is 0 Å². The normalized spacial score (nSPS) is 14.2. The van der Waals surface area contributed by atoms with Crippen LogP contribution in [0.1, 0.15) is 11.8 Å². The van der Waals surface area contributed by atoms with Crippen molar-refractivity contribution < 1.29 is 5.11 Å². The van der Waals surface area contributed by atoms with Crippen molar-refractivity contribution in [2.75, 3.05) is 0 Å². The van der Waals surface area contributed by atoms with E-state index >= 15 is 0 Å². The summed E-state index contributed by atoms with van der Waals surface area (Å²) in [4.78, 5) is 1.18. The molecule has 1 N–H and O–H groups in total. The number of hydrogen-bond donors (Lipinski definition) is 1. The van der Waals surface area contributed by atoms with E-state index in [2.05, 4.69) is 0 Å². The van der Waals surface area contributed by atoms with Gasteiger partial charge in [0, 0.05) is 4.88 Å². The monoisotopic (exact) mass is 154 g/mol. The van der Waals surface area contributed by atoms with Crippen LogP contribution < -0.4 is 0 Å². The number of aliphatic hydroxyl groups excluding tert-OH is 1. The fourth-order valence-corrected chi connectivity index (χ4v) is 1.25. The molecule has 0 aromatic carbocycles. The molecule has 1 heterocycles. The van der Waals surface area contributed by atoms with Gasteiger partial charge in [0.25, 0.3) is 0 Å². The minimum Gasteiger partial charge on any atom is -0.389 e. The van der Waals surface area contributed by atoms with Gasteiger partial charge >= 0.3 is 0 Å². The molecule has 0 amide bonds. The summed E-state index contributed by atoms with van der Waals surface area (Å²) in [5, 5.41) is 10.9. The maximum absolute atomic E-state index is 8.87. The predicted octanol–water partition coefficient (Wildman–Crippen LogP) is 2.14. The third kappa shape index (κ3) is 2.33. The molecule has 1 nitrogen and oxygen atoms in total. The lowest BCUT2D eigenvalue weighted by molar-refractivity contribution is 0.245. The van der Waals surface area contributed by atoms with Crippen molar-refractivity contribution in [3.63, 3.8) is 0 Å². The van der Waals surface area contributed by atoms with Crippen LogP contribution in [0.5, 0.6) is 0 Å². The fourth-order valence-electron chi connectivity index (χ4n) is 0.620. The molecule has 1 atom stereocenters. The van der Waals surface area contributed by atoms with Gasteiger partial charge in [0.2, 0.25) is 0 Å². The molecule has 1 rings (SSSR count). The molecule has 10 heavy (non-hydrogen) atoms. The van der Waals surface area contributed by atoms with Gasteiger partial charge in [-0.15, -0.1) is 11.3 Å². The van der Waals surface area contributed by atoms with Crippen molar-refractivity contribution in [2.24, 2.45) is 0 Å². The van der Waals surface area contributed by atoms with E-state index in [9.17, 15) is 0 Å². The first kappa shape index (κ1) is 7.51. The molecule has 0 saturated carbocycles. The second-order valence-corrected chi connectivity index (χ2v) is 3.09. The Balaban J connectivity index is 2.55. The molecule has 1 aromatic rings. The van der Waals surface area contributed by atoms with Crippen LogP contribution in [0.2, 0.25) is 0 Å². The van der Waals surface area contributed by atoms with Gasteiger partial charge in [-0.3, -0.25) is 0 Å². The molecule has 0 radical (unpaired) electrons. The highest BCUT2D eigenvalue weighted by molar-refractivity contribution is 7.10. The lowest BCUT2D eigenvalue weighted by Crippen LogP contribution is -1.90. The Morgan fingerprint density at radius 3 is 3.00 bits per heavy atom. The van der Waals surface area contributed by atoms with E-state index in [0.29, 0.717) is 0 Å². The van der Waals surface area contributed by atoms with Crippen LogP contribution in [0.25, 0.3) is 6.08 Å². The molecular formula is C8H10OS. The summed E-state index contributed by atoms with van der Waals surface area (Å²) in [6.07, 6.45) is 3.35. The van der Waals surface area contributed by atoms with Gasteiger partial charge in [-0.1, -0.05) is 12.1 Å². The van der Waals surface area contributed by atoms with Gasteiger partial charge in [-0.05, 0) is 24.4 Å². The summed E-state index contributed by atoms with van der Waals surface area (Å²) in [6.45, 7) is 1.74. The Labute approximate surface area is 64.6 Å². The van der Waals surface area contributed by atoms with E-state index in [1.165, 1.54) is 4.88 Å². The van der Waals surface area contributed by atoms with E-state index in [1.54, 1.807) is 24.3 Å².